The van der Waals surface area contributed by atoms with Crippen LogP contribution in [0.1, 0.15) is 55.2 Å². The smallest absolute Gasteiger partial charge is 0.165 e. The van der Waals surface area contributed by atoms with E-state index in [2.05, 4.69) is 59.5 Å². The fraction of sp³-hybridized carbons (Fsp3) is 0.556. The van der Waals surface area contributed by atoms with Gasteiger partial charge in [0.1, 0.15) is 11.7 Å². The fourth-order valence-corrected chi connectivity index (χ4v) is 10.6. The standard InChI is InChI=1S/C36H41NO4/c1-38-29-13-12-25-18-30-34-14-15-36(39-2,27(19-34)22-40-21-26-8-5-7-24-6-3-4-9-28(24)26)33-35(34,31(25)32(29)41-33)16-17-37(30)20-23-10-11-23/h3-9,12-13,23,27,30,33H,10-11,14-22H2,1-2H3/t27-,30-,33-,34?,35?,36-/m1/s1. The predicted molar refractivity (Wildman–Crippen MR) is 159 cm³/mol. The number of nitrogens with zero attached hydrogens (tertiary/aromatic N) is 1. The van der Waals surface area contributed by atoms with Gasteiger partial charge in [-0.15, -0.1) is 0 Å². The molecular weight excluding hydrogens is 510 g/mol. The van der Waals surface area contributed by atoms with Crippen LogP contribution in [0.2, 0.25) is 0 Å². The Balaban J connectivity index is 1.11. The summed E-state index contributed by atoms with van der Waals surface area (Å²) < 4.78 is 26.5. The third kappa shape index (κ3) is 3.13. The van der Waals surface area contributed by atoms with E-state index in [0.29, 0.717) is 25.2 Å². The van der Waals surface area contributed by atoms with Crippen LogP contribution < -0.4 is 9.47 Å². The molecule has 6 atom stereocenters. The van der Waals surface area contributed by atoms with Gasteiger partial charge in [0.2, 0.25) is 0 Å². The second-order valence-corrected chi connectivity index (χ2v) is 13.9. The van der Waals surface area contributed by atoms with Crippen molar-refractivity contribution in [3.05, 3.63) is 71.3 Å². The summed E-state index contributed by atoms with van der Waals surface area (Å²) in [6, 6.07) is 20.2. The second-order valence-electron chi connectivity index (χ2n) is 13.9. The van der Waals surface area contributed by atoms with E-state index >= 15 is 0 Å². The van der Waals surface area contributed by atoms with Crippen molar-refractivity contribution in [1.29, 1.82) is 0 Å². The van der Waals surface area contributed by atoms with E-state index < -0.39 is 0 Å². The molecule has 2 heterocycles. The molecular formula is C36H41NO4. The number of fused-ring (bicyclic) bond motifs is 3. The Bertz CT molecular complexity index is 1530. The average Bonchev–Trinajstić information content (AvgIpc) is 3.75. The highest BCUT2D eigenvalue weighted by Gasteiger charge is 2.80. The summed E-state index contributed by atoms with van der Waals surface area (Å²) in [6.07, 6.45) is 8.50. The molecule has 0 N–H and O–H groups in total. The van der Waals surface area contributed by atoms with Crippen molar-refractivity contribution in [3.8, 4) is 11.5 Å². The molecule has 0 aromatic heterocycles. The van der Waals surface area contributed by atoms with Crippen molar-refractivity contribution in [2.24, 2.45) is 17.3 Å². The van der Waals surface area contributed by atoms with Gasteiger partial charge in [-0.05, 0) is 85.4 Å². The van der Waals surface area contributed by atoms with Gasteiger partial charge in [-0.3, -0.25) is 4.90 Å². The van der Waals surface area contributed by atoms with E-state index in [1.54, 1.807) is 7.11 Å². The lowest BCUT2D eigenvalue weighted by atomic mass is 9.35. The summed E-state index contributed by atoms with van der Waals surface area (Å²) in [4.78, 5) is 2.91. The highest BCUT2D eigenvalue weighted by molar-refractivity contribution is 5.85. The van der Waals surface area contributed by atoms with E-state index in [9.17, 15) is 0 Å². The molecule has 0 radical (unpaired) electrons. The van der Waals surface area contributed by atoms with Crippen LogP contribution in [-0.4, -0.2) is 56.6 Å². The Kier molecular flexibility index (Phi) is 5.30. The Labute approximate surface area is 243 Å². The zero-order valence-corrected chi connectivity index (χ0v) is 24.4. The van der Waals surface area contributed by atoms with Crippen LogP contribution in [0.3, 0.4) is 0 Å². The predicted octanol–water partition coefficient (Wildman–Crippen LogP) is 6.29. The summed E-state index contributed by atoms with van der Waals surface area (Å²) in [6.45, 7) is 3.76. The Morgan fingerprint density at radius 2 is 1.85 bits per heavy atom. The maximum absolute atomic E-state index is 7.18. The van der Waals surface area contributed by atoms with Crippen molar-refractivity contribution >= 4 is 10.8 Å². The van der Waals surface area contributed by atoms with Gasteiger partial charge < -0.3 is 18.9 Å². The number of likely N-dealkylation sites (tertiary alicyclic amines) is 1. The molecule has 4 bridgehead atoms. The number of methoxy groups -OCH3 is 2. The van der Waals surface area contributed by atoms with Gasteiger partial charge in [-0.2, -0.15) is 0 Å². The Hall–Kier alpha value is -2.60. The summed E-state index contributed by atoms with van der Waals surface area (Å²) in [5.74, 6) is 3.08. The van der Waals surface area contributed by atoms with Crippen molar-refractivity contribution in [2.75, 3.05) is 33.9 Å². The summed E-state index contributed by atoms with van der Waals surface area (Å²) >= 11 is 0. The van der Waals surface area contributed by atoms with Gasteiger partial charge in [0.15, 0.2) is 11.5 Å². The molecule has 214 valence electrons. The van der Waals surface area contributed by atoms with Crippen LogP contribution in [0.15, 0.2) is 54.6 Å². The molecule has 10 rings (SSSR count). The third-order valence-electron chi connectivity index (χ3n) is 12.5. The molecule has 5 fully saturated rings. The second kappa shape index (κ2) is 8.72. The first-order valence-corrected chi connectivity index (χ1v) is 15.8. The molecule has 2 aliphatic heterocycles. The molecule has 5 heteroatoms. The topological polar surface area (TPSA) is 40.2 Å². The monoisotopic (exact) mass is 551 g/mol. The lowest BCUT2D eigenvalue weighted by Crippen LogP contribution is -2.81. The Morgan fingerprint density at radius 1 is 0.976 bits per heavy atom. The molecule has 3 aromatic carbocycles. The van der Waals surface area contributed by atoms with Crippen LogP contribution in [0.25, 0.3) is 10.8 Å². The molecule has 41 heavy (non-hydrogen) atoms. The number of hydrogen-bond acceptors (Lipinski definition) is 5. The van der Waals surface area contributed by atoms with Crippen molar-refractivity contribution in [3.63, 3.8) is 0 Å². The SMILES string of the molecule is COc1ccc2c3c1O[C@@H]1C34CCN(CC3CC3)[C@H](C2)C42CC[C@@]1(OC)[C@@H](COCc1cccc3ccccc13)C2. The van der Waals surface area contributed by atoms with Crippen LogP contribution in [0, 0.1) is 17.3 Å². The maximum Gasteiger partial charge on any atom is 0.165 e. The van der Waals surface area contributed by atoms with Crippen LogP contribution in [-0.2, 0) is 27.9 Å². The molecule has 4 saturated carbocycles. The largest absolute Gasteiger partial charge is 0.493 e. The highest BCUT2D eigenvalue weighted by Crippen LogP contribution is 2.76. The first-order valence-electron chi connectivity index (χ1n) is 15.8. The molecule has 7 aliphatic rings. The lowest BCUT2D eigenvalue weighted by molar-refractivity contribution is -0.283. The molecule has 0 amide bonds. The zero-order chi connectivity index (χ0) is 27.4. The molecule has 5 aliphatic carbocycles. The molecule has 2 unspecified atom stereocenters. The molecule has 5 nitrogen and oxygen atoms in total. The van der Waals surface area contributed by atoms with Gasteiger partial charge in [0.25, 0.3) is 0 Å². The molecule has 2 spiro atoms. The average molecular weight is 552 g/mol. The lowest BCUT2D eigenvalue weighted by Gasteiger charge is -2.74. The summed E-state index contributed by atoms with van der Waals surface area (Å²) in [5.41, 5.74) is 4.04. The molecule has 3 aromatic rings. The highest BCUT2D eigenvalue weighted by atomic mass is 16.6. The number of benzene rings is 3. The zero-order valence-electron chi connectivity index (χ0n) is 24.4. The number of rotatable bonds is 8. The number of piperidine rings is 1. The van der Waals surface area contributed by atoms with E-state index in [-0.39, 0.29) is 22.5 Å². The van der Waals surface area contributed by atoms with Gasteiger partial charge >= 0.3 is 0 Å². The fourth-order valence-electron chi connectivity index (χ4n) is 10.6. The number of ether oxygens (including phenoxy) is 4. The van der Waals surface area contributed by atoms with Gasteiger partial charge in [-0.25, -0.2) is 0 Å². The van der Waals surface area contributed by atoms with Crippen molar-refractivity contribution < 1.29 is 18.9 Å². The Morgan fingerprint density at radius 3 is 2.71 bits per heavy atom. The van der Waals surface area contributed by atoms with E-state index in [1.165, 1.54) is 59.8 Å². The summed E-state index contributed by atoms with van der Waals surface area (Å²) in [7, 11) is 3.71. The van der Waals surface area contributed by atoms with Crippen LogP contribution in [0.4, 0.5) is 0 Å². The summed E-state index contributed by atoms with van der Waals surface area (Å²) in [5, 5.41) is 2.55. The van der Waals surface area contributed by atoms with Crippen LogP contribution in [0.5, 0.6) is 11.5 Å². The maximum atomic E-state index is 7.18. The minimum Gasteiger partial charge on any atom is -0.493 e. The van der Waals surface area contributed by atoms with Gasteiger partial charge in [0.05, 0.1) is 20.3 Å². The van der Waals surface area contributed by atoms with Gasteiger partial charge in [-0.1, -0.05) is 48.5 Å². The van der Waals surface area contributed by atoms with E-state index in [0.717, 1.165) is 43.1 Å². The van der Waals surface area contributed by atoms with Crippen molar-refractivity contribution in [2.45, 2.75) is 74.7 Å². The minimum absolute atomic E-state index is 0.00424. The minimum atomic E-state index is -0.359. The normalized spacial score (nSPS) is 36.3. The third-order valence-corrected chi connectivity index (χ3v) is 12.5. The molecule has 1 saturated heterocycles. The van der Waals surface area contributed by atoms with Crippen LogP contribution >= 0.6 is 0 Å². The van der Waals surface area contributed by atoms with Gasteiger partial charge in [0, 0.05) is 42.0 Å². The van der Waals surface area contributed by atoms with E-state index in [4.69, 9.17) is 18.9 Å². The first kappa shape index (κ1) is 24.9. The van der Waals surface area contributed by atoms with E-state index in [1.807, 2.05) is 7.11 Å². The van der Waals surface area contributed by atoms with Crippen molar-refractivity contribution in [1.82, 2.24) is 4.90 Å². The number of hydrogen-bond donors (Lipinski definition) is 0. The first-order chi connectivity index (χ1) is 20.1. The quantitative estimate of drug-likeness (QED) is 0.329.